The fraction of sp³-hybridized carbons (Fsp3) is 0.923. The summed E-state index contributed by atoms with van der Waals surface area (Å²) in [5, 5.41) is 9.76. The first-order chi connectivity index (χ1) is 8.69. The highest BCUT2D eigenvalue weighted by atomic mass is 16.7. The average Bonchev–Trinajstić information content (AvgIpc) is 2.56. The van der Waals surface area contributed by atoms with E-state index < -0.39 is 23.6 Å². The van der Waals surface area contributed by atoms with Gasteiger partial charge in [0, 0.05) is 0 Å². The number of rotatable bonds is 2. The van der Waals surface area contributed by atoms with Crippen LogP contribution in [0.15, 0.2) is 0 Å². The highest BCUT2D eigenvalue weighted by molar-refractivity contribution is 5.70. The zero-order chi connectivity index (χ0) is 14.3. The fourth-order valence-electron chi connectivity index (χ4n) is 2.27. The molecule has 0 bridgehead atoms. The molecule has 0 spiro atoms. The first-order valence-corrected chi connectivity index (χ1v) is 6.52. The smallest absolute Gasteiger partial charge is 0.311 e. The monoisotopic (exact) mass is 274 g/mol. The normalized spacial score (nSPS) is 38.9. The Hall–Kier alpha value is -0.690. The summed E-state index contributed by atoms with van der Waals surface area (Å²) >= 11 is 0. The van der Waals surface area contributed by atoms with Crippen LogP contribution in [0, 0.1) is 0 Å². The first-order valence-electron chi connectivity index (χ1n) is 6.52. The molecule has 4 atom stereocenters. The zero-order valence-corrected chi connectivity index (χ0v) is 11.8. The van der Waals surface area contributed by atoms with E-state index in [1.807, 2.05) is 0 Å². The minimum absolute atomic E-state index is 0.0137. The fourth-order valence-corrected chi connectivity index (χ4v) is 2.27. The van der Waals surface area contributed by atoms with Crippen LogP contribution in [-0.2, 0) is 23.7 Å². The Labute approximate surface area is 113 Å². The van der Waals surface area contributed by atoms with Gasteiger partial charge in [0.05, 0.1) is 19.6 Å². The number of hydrogen-bond donors (Lipinski definition) is 1. The zero-order valence-electron chi connectivity index (χ0n) is 11.8. The molecule has 0 unspecified atom stereocenters. The Kier molecular flexibility index (Phi) is 3.88. The Bertz CT molecular complexity index is 350. The van der Waals surface area contributed by atoms with Gasteiger partial charge >= 0.3 is 5.97 Å². The molecule has 110 valence electrons. The van der Waals surface area contributed by atoms with Crippen LogP contribution in [0.3, 0.4) is 0 Å². The Balaban J connectivity index is 1.94. The first kappa shape index (κ1) is 14.7. The molecule has 2 saturated heterocycles. The van der Waals surface area contributed by atoms with Crippen LogP contribution in [0.4, 0.5) is 0 Å². The van der Waals surface area contributed by atoms with E-state index in [1.165, 1.54) is 0 Å². The van der Waals surface area contributed by atoms with Crippen LogP contribution in [-0.4, -0.2) is 54.0 Å². The molecule has 1 N–H and O–H groups in total. The summed E-state index contributed by atoms with van der Waals surface area (Å²) in [6.07, 6.45) is -1.39. The number of aliphatic hydroxyl groups is 1. The maximum atomic E-state index is 11.8. The van der Waals surface area contributed by atoms with Gasteiger partial charge in [-0.3, -0.25) is 4.79 Å². The molecule has 0 aliphatic carbocycles. The number of fused-ring (bicyclic) bond motifs is 1. The molecular formula is C13H22O6. The molecule has 19 heavy (non-hydrogen) atoms. The number of carbonyl (C=O) groups excluding carboxylic acids is 1. The summed E-state index contributed by atoms with van der Waals surface area (Å²) in [6.45, 7) is 7.64. The van der Waals surface area contributed by atoms with E-state index in [4.69, 9.17) is 18.9 Å². The maximum Gasteiger partial charge on any atom is 0.311 e. The molecule has 0 aromatic carbocycles. The van der Waals surface area contributed by atoms with E-state index in [0.717, 1.165) is 0 Å². The van der Waals surface area contributed by atoms with Crippen LogP contribution >= 0.6 is 0 Å². The average molecular weight is 274 g/mol. The quantitative estimate of drug-likeness (QED) is 0.744. The van der Waals surface area contributed by atoms with E-state index in [2.05, 4.69) is 0 Å². The lowest BCUT2D eigenvalue weighted by atomic mass is 10.1. The van der Waals surface area contributed by atoms with Gasteiger partial charge in [0.15, 0.2) is 5.79 Å². The van der Waals surface area contributed by atoms with Crippen molar-refractivity contribution in [3.05, 3.63) is 0 Å². The number of aliphatic hydroxyl groups excluding tert-OH is 1. The van der Waals surface area contributed by atoms with Crippen molar-refractivity contribution in [3.63, 3.8) is 0 Å². The van der Waals surface area contributed by atoms with Gasteiger partial charge in [-0.15, -0.1) is 0 Å². The van der Waals surface area contributed by atoms with Crippen LogP contribution < -0.4 is 0 Å². The number of ether oxygens (including phenoxy) is 4. The van der Waals surface area contributed by atoms with Crippen molar-refractivity contribution < 1.29 is 28.8 Å². The van der Waals surface area contributed by atoms with Crippen molar-refractivity contribution >= 4 is 5.97 Å². The molecule has 2 heterocycles. The Morgan fingerprint density at radius 2 is 2.11 bits per heavy atom. The van der Waals surface area contributed by atoms with Gasteiger partial charge in [0.25, 0.3) is 0 Å². The molecular weight excluding hydrogens is 252 g/mol. The molecule has 0 amide bonds. The van der Waals surface area contributed by atoms with E-state index in [0.29, 0.717) is 6.61 Å². The van der Waals surface area contributed by atoms with Gasteiger partial charge in [-0.2, -0.15) is 0 Å². The van der Waals surface area contributed by atoms with Gasteiger partial charge in [-0.05, 0) is 27.7 Å². The summed E-state index contributed by atoms with van der Waals surface area (Å²) in [5.74, 6) is -1.46. The molecule has 2 fully saturated rings. The molecule has 0 saturated carbocycles. The third kappa shape index (κ3) is 3.66. The summed E-state index contributed by atoms with van der Waals surface area (Å²) in [7, 11) is 0. The highest BCUT2D eigenvalue weighted by Crippen LogP contribution is 2.33. The van der Waals surface area contributed by atoms with Crippen LogP contribution in [0.25, 0.3) is 0 Å². The second-order valence-electron chi connectivity index (χ2n) is 6.23. The van der Waals surface area contributed by atoms with Crippen LogP contribution in [0.2, 0.25) is 0 Å². The predicted molar refractivity (Wildman–Crippen MR) is 65.4 cm³/mol. The number of esters is 1. The molecule has 2 aliphatic rings. The van der Waals surface area contributed by atoms with Crippen molar-refractivity contribution in [2.24, 2.45) is 0 Å². The van der Waals surface area contributed by atoms with Crippen molar-refractivity contribution in [1.82, 2.24) is 0 Å². The predicted octanol–water partition coefficient (Wildman–Crippen LogP) is 0.609. The second-order valence-corrected chi connectivity index (χ2v) is 6.23. The molecule has 0 aromatic rings. The molecule has 2 aliphatic heterocycles. The maximum absolute atomic E-state index is 11.8. The van der Waals surface area contributed by atoms with E-state index in [1.54, 1.807) is 27.7 Å². The largest absolute Gasteiger partial charge is 0.460 e. The van der Waals surface area contributed by atoms with Crippen LogP contribution in [0.5, 0.6) is 0 Å². The summed E-state index contributed by atoms with van der Waals surface area (Å²) in [4.78, 5) is 11.8. The lowest BCUT2D eigenvalue weighted by Crippen LogP contribution is -2.52. The minimum Gasteiger partial charge on any atom is -0.460 e. The van der Waals surface area contributed by atoms with Crippen molar-refractivity contribution in [2.75, 3.05) is 13.2 Å². The molecule has 6 nitrogen and oxygen atoms in total. The lowest BCUT2D eigenvalue weighted by Gasteiger charge is -2.40. The summed E-state index contributed by atoms with van der Waals surface area (Å²) < 4.78 is 21.8. The van der Waals surface area contributed by atoms with Crippen LogP contribution in [0.1, 0.15) is 34.1 Å². The third-order valence-corrected chi connectivity index (χ3v) is 3.05. The summed E-state index contributed by atoms with van der Waals surface area (Å²) in [5.41, 5.74) is -0.541. The third-order valence-electron chi connectivity index (χ3n) is 3.05. The van der Waals surface area contributed by atoms with Gasteiger partial charge in [-0.1, -0.05) is 0 Å². The van der Waals surface area contributed by atoms with Gasteiger partial charge in [0.1, 0.15) is 23.9 Å². The Morgan fingerprint density at radius 3 is 2.74 bits per heavy atom. The van der Waals surface area contributed by atoms with E-state index >= 15 is 0 Å². The van der Waals surface area contributed by atoms with Gasteiger partial charge in [0.2, 0.25) is 0 Å². The highest BCUT2D eigenvalue weighted by Gasteiger charge is 2.48. The van der Waals surface area contributed by atoms with Crippen molar-refractivity contribution in [2.45, 2.75) is 63.8 Å². The molecule has 6 heteroatoms. The number of hydrogen-bond acceptors (Lipinski definition) is 6. The van der Waals surface area contributed by atoms with Crippen molar-refractivity contribution in [3.8, 4) is 0 Å². The van der Waals surface area contributed by atoms with E-state index in [9.17, 15) is 9.90 Å². The van der Waals surface area contributed by atoms with E-state index in [-0.39, 0.29) is 25.1 Å². The molecule has 0 aromatic heterocycles. The Morgan fingerprint density at radius 1 is 1.42 bits per heavy atom. The molecule has 2 rings (SSSR count). The van der Waals surface area contributed by atoms with Crippen molar-refractivity contribution in [1.29, 1.82) is 0 Å². The minimum atomic E-state index is -1.07. The number of carbonyl (C=O) groups is 1. The standard InChI is InChI=1S/C13H22O6/c1-12(2,3)18-10(15)5-13(4)17-7-9-11(19-13)8(14)6-16-9/h8-9,11,14H,5-7H2,1-4H3/t8-,9+,11+,13+/m0/s1. The SMILES string of the molecule is CC(C)(C)OC(=O)C[C@]1(C)OC[C@H]2OC[C@H](O)[C@H]2O1. The van der Waals surface area contributed by atoms with Gasteiger partial charge < -0.3 is 24.1 Å². The topological polar surface area (TPSA) is 74.2 Å². The lowest BCUT2D eigenvalue weighted by molar-refractivity contribution is -0.310. The molecule has 0 radical (unpaired) electrons. The summed E-state index contributed by atoms with van der Waals surface area (Å²) in [6, 6.07) is 0. The van der Waals surface area contributed by atoms with Gasteiger partial charge in [-0.25, -0.2) is 0 Å². The second kappa shape index (κ2) is 5.01.